The van der Waals surface area contributed by atoms with Gasteiger partial charge in [0.05, 0.1) is 13.2 Å². The van der Waals surface area contributed by atoms with E-state index >= 15 is 0 Å². The van der Waals surface area contributed by atoms with Crippen LogP contribution in [0.1, 0.15) is 108 Å². The lowest BCUT2D eigenvalue weighted by Gasteiger charge is -2.40. The number of likely N-dealkylation sites (tertiary alicyclic amines) is 1. The molecule has 1 saturated heterocycles. The molecule has 240 valence electrons. The number of aromatic nitrogens is 1. The number of thiazole rings is 1. The first-order chi connectivity index (χ1) is 20.1. The third-order valence-corrected chi connectivity index (χ3v) is 9.29. The monoisotopic (exact) mass is 610 g/mol. The molecular formula is C31H54N4O6S. The molecule has 0 aliphatic carbocycles. The number of esters is 1. The molecule has 2 rings (SSSR count). The molecule has 1 fully saturated rings. The number of piperidine rings is 1. The molecule has 0 aromatic carbocycles. The van der Waals surface area contributed by atoms with Crippen LogP contribution in [-0.4, -0.2) is 91.8 Å². The van der Waals surface area contributed by atoms with Crippen molar-refractivity contribution >= 4 is 29.1 Å². The lowest BCUT2D eigenvalue weighted by atomic mass is 9.92. The van der Waals surface area contributed by atoms with Gasteiger partial charge in [0, 0.05) is 31.6 Å². The van der Waals surface area contributed by atoms with Gasteiger partial charge in [0.1, 0.15) is 23.9 Å². The van der Waals surface area contributed by atoms with Gasteiger partial charge in [-0.05, 0) is 44.7 Å². The molecule has 1 aromatic rings. The molecule has 5 atom stereocenters. The van der Waals surface area contributed by atoms with E-state index in [0.717, 1.165) is 51.5 Å². The molecule has 0 saturated carbocycles. The molecular weight excluding hydrogens is 556 g/mol. The summed E-state index contributed by atoms with van der Waals surface area (Å²) in [5, 5.41) is 5.46. The zero-order chi connectivity index (χ0) is 31.2. The molecule has 1 aliphatic heterocycles. The highest BCUT2D eigenvalue weighted by Crippen LogP contribution is 2.31. The standard InChI is InChI=1S/C31H54N4O6S/c1-9-11-14-17-41-20-35(25(21(3)4)18-26(39-7)29-32-23(19-42-29)31(38)40-8)30(37)27(22(5)10-2)33-28(36)24-15-12-13-16-34(24)6/h19,21-22,24-27H,9-18,20H2,1-8H3,(H,33,36)/t22-,24+,25+,26+,27-/m0/s1. The van der Waals surface area contributed by atoms with Crippen LogP contribution >= 0.6 is 11.3 Å². The maximum atomic E-state index is 14.5. The second-order valence-corrected chi connectivity index (χ2v) is 12.6. The number of carbonyl (C=O) groups excluding carboxylic acids is 3. The minimum absolute atomic E-state index is 0.0589. The highest BCUT2D eigenvalue weighted by molar-refractivity contribution is 7.09. The summed E-state index contributed by atoms with van der Waals surface area (Å²) in [5.41, 5.74) is 0.236. The van der Waals surface area contributed by atoms with Crippen molar-refractivity contribution in [1.82, 2.24) is 20.1 Å². The first-order valence-electron chi connectivity index (χ1n) is 15.5. The van der Waals surface area contributed by atoms with Crippen molar-refractivity contribution in [1.29, 1.82) is 0 Å². The highest BCUT2D eigenvalue weighted by Gasteiger charge is 2.38. The average Bonchev–Trinajstić information content (AvgIpc) is 3.48. The smallest absolute Gasteiger partial charge is 0.357 e. The molecule has 1 aromatic heterocycles. The van der Waals surface area contributed by atoms with Crippen LogP contribution in [0, 0.1) is 11.8 Å². The van der Waals surface area contributed by atoms with Crippen molar-refractivity contribution in [3.63, 3.8) is 0 Å². The van der Waals surface area contributed by atoms with Crippen molar-refractivity contribution < 1.29 is 28.6 Å². The van der Waals surface area contributed by atoms with E-state index in [0.29, 0.717) is 18.0 Å². The number of nitrogens with zero attached hydrogens (tertiary/aromatic N) is 3. The topological polar surface area (TPSA) is 110 Å². The van der Waals surface area contributed by atoms with Gasteiger partial charge < -0.3 is 24.4 Å². The number of methoxy groups -OCH3 is 2. The lowest BCUT2D eigenvalue weighted by Crippen LogP contribution is -2.59. The predicted molar refractivity (Wildman–Crippen MR) is 165 cm³/mol. The molecule has 11 heteroatoms. The fourth-order valence-corrected chi connectivity index (χ4v) is 6.24. The van der Waals surface area contributed by atoms with Crippen molar-refractivity contribution in [2.24, 2.45) is 11.8 Å². The zero-order valence-corrected chi connectivity index (χ0v) is 27.8. The van der Waals surface area contributed by atoms with Gasteiger partial charge in [-0.1, -0.05) is 60.3 Å². The summed E-state index contributed by atoms with van der Waals surface area (Å²) in [4.78, 5) is 48.3. The number of likely N-dealkylation sites (N-methyl/N-ethyl adjacent to an activating group) is 1. The molecule has 2 amide bonds. The Kier molecular flexibility index (Phi) is 16.0. The van der Waals surface area contributed by atoms with Crippen LogP contribution in [0.2, 0.25) is 0 Å². The number of unbranched alkanes of at least 4 members (excludes halogenated alkanes) is 2. The molecule has 42 heavy (non-hydrogen) atoms. The third kappa shape index (κ3) is 10.3. The maximum absolute atomic E-state index is 14.5. The first-order valence-corrected chi connectivity index (χ1v) is 16.4. The van der Waals surface area contributed by atoms with E-state index in [1.54, 1.807) is 17.4 Å². The van der Waals surface area contributed by atoms with Gasteiger partial charge in [-0.15, -0.1) is 11.3 Å². The van der Waals surface area contributed by atoms with Gasteiger partial charge in [0.15, 0.2) is 5.69 Å². The summed E-state index contributed by atoms with van der Waals surface area (Å²) in [6.07, 6.45) is 6.68. The van der Waals surface area contributed by atoms with Crippen molar-refractivity contribution in [3.05, 3.63) is 16.1 Å². The average molecular weight is 611 g/mol. The van der Waals surface area contributed by atoms with E-state index in [1.165, 1.54) is 18.4 Å². The summed E-state index contributed by atoms with van der Waals surface area (Å²) in [6, 6.07) is -1.17. The fraction of sp³-hybridized carbons (Fsp3) is 0.806. The molecule has 0 bridgehead atoms. The Morgan fingerprint density at radius 1 is 1.17 bits per heavy atom. The SMILES string of the molecule is CCCCCOCN(C(=O)[C@@H](NC(=O)[C@H]1CCCCN1C)[C@@H](C)CC)[C@H](C[C@@H](OC)c1nc(C(=O)OC)cs1)C(C)C. The summed E-state index contributed by atoms with van der Waals surface area (Å²) in [6.45, 7) is 11.9. The van der Waals surface area contributed by atoms with Crippen LogP contribution in [0.15, 0.2) is 5.38 Å². The minimum atomic E-state index is -0.676. The largest absolute Gasteiger partial charge is 0.464 e. The Bertz CT molecular complexity index is 973. The summed E-state index contributed by atoms with van der Waals surface area (Å²) < 4.78 is 16.8. The lowest BCUT2D eigenvalue weighted by molar-refractivity contribution is -0.149. The molecule has 1 N–H and O–H groups in total. The van der Waals surface area contributed by atoms with Crippen LogP contribution in [0.25, 0.3) is 0 Å². The number of amides is 2. The van der Waals surface area contributed by atoms with E-state index in [2.05, 4.69) is 36.0 Å². The Morgan fingerprint density at radius 2 is 1.90 bits per heavy atom. The van der Waals surface area contributed by atoms with Crippen LogP contribution in [-0.2, 0) is 23.8 Å². The quantitative estimate of drug-likeness (QED) is 0.140. The molecule has 10 nitrogen and oxygen atoms in total. The Hall–Kier alpha value is -2.08. The van der Waals surface area contributed by atoms with Gasteiger partial charge in [0.25, 0.3) is 0 Å². The number of carbonyl (C=O) groups is 3. The van der Waals surface area contributed by atoms with Crippen molar-refractivity contribution in [2.45, 2.75) is 110 Å². The van der Waals surface area contributed by atoms with E-state index in [9.17, 15) is 14.4 Å². The molecule has 0 unspecified atom stereocenters. The molecule has 0 spiro atoms. The predicted octanol–water partition coefficient (Wildman–Crippen LogP) is 5.04. The normalized spacial score (nSPS) is 18.7. The van der Waals surface area contributed by atoms with Crippen molar-refractivity contribution in [2.75, 3.05) is 41.1 Å². The summed E-state index contributed by atoms with van der Waals surface area (Å²) in [5.74, 6) is -0.738. The van der Waals surface area contributed by atoms with E-state index in [4.69, 9.17) is 14.2 Å². The molecule has 2 heterocycles. The van der Waals surface area contributed by atoms with Crippen LogP contribution in [0.3, 0.4) is 0 Å². The van der Waals surface area contributed by atoms with Gasteiger partial charge >= 0.3 is 5.97 Å². The second kappa shape index (κ2) is 18.6. The Morgan fingerprint density at radius 3 is 2.50 bits per heavy atom. The maximum Gasteiger partial charge on any atom is 0.357 e. The van der Waals surface area contributed by atoms with E-state index in [1.807, 2.05) is 20.9 Å². The van der Waals surface area contributed by atoms with Crippen molar-refractivity contribution in [3.8, 4) is 0 Å². The number of hydrogen-bond donors (Lipinski definition) is 1. The highest BCUT2D eigenvalue weighted by atomic mass is 32.1. The van der Waals surface area contributed by atoms with E-state index < -0.39 is 18.1 Å². The van der Waals surface area contributed by atoms with Crippen LogP contribution < -0.4 is 5.32 Å². The third-order valence-electron chi connectivity index (χ3n) is 8.36. The summed E-state index contributed by atoms with van der Waals surface area (Å²) >= 11 is 1.33. The second-order valence-electron chi connectivity index (χ2n) is 11.8. The Balaban J connectivity index is 2.37. The van der Waals surface area contributed by atoms with Gasteiger partial charge in [-0.3, -0.25) is 14.5 Å². The minimum Gasteiger partial charge on any atom is -0.464 e. The summed E-state index contributed by atoms with van der Waals surface area (Å²) in [7, 11) is 4.91. The number of nitrogens with one attached hydrogen (secondary N) is 1. The molecule has 0 radical (unpaired) electrons. The number of hydrogen-bond acceptors (Lipinski definition) is 9. The Labute approximate surface area is 256 Å². The van der Waals surface area contributed by atoms with E-state index in [-0.39, 0.29) is 48.2 Å². The first kappa shape index (κ1) is 36.1. The molecule has 1 aliphatic rings. The number of ether oxygens (including phenoxy) is 3. The zero-order valence-electron chi connectivity index (χ0n) is 27.0. The van der Waals surface area contributed by atoms with Gasteiger partial charge in [0.2, 0.25) is 11.8 Å². The van der Waals surface area contributed by atoms with Gasteiger partial charge in [-0.2, -0.15) is 0 Å². The number of rotatable bonds is 18. The van der Waals surface area contributed by atoms with Gasteiger partial charge in [-0.25, -0.2) is 9.78 Å². The van der Waals surface area contributed by atoms with Crippen LogP contribution in [0.4, 0.5) is 0 Å². The van der Waals surface area contributed by atoms with Crippen LogP contribution in [0.5, 0.6) is 0 Å². The fourth-order valence-electron chi connectivity index (χ4n) is 5.37.